The summed E-state index contributed by atoms with van der Waals surface area (Å²) < 4.78 is 2.33. The summed E-state index contributed by atoms with van der Waals surface area (Å²) in [6.45, 7) is 18.0. The number of hydrogen-bond donors (Lipinski definition) is 0. The Morgan fingerprint density at radius 1 is 0.938 bits per heavy atom. The minimum absolute atomic E-state index is 0.0616. The molecule has 0 radical (unpaired) electrons. The van der Waals surface area contributed by atoms with Crippen LogP contribution in [0.1, 0.15) is 61.2 Å². The van der Waals surface area contributed by atoms with Crippen LogP contribution in [0.5, 0.6) is 0 Å². The molecule has 1 heterocycles. The van der Waals surface area contributed by atoms with E-state index in [-0.39, 0.29) is 16.4 Å². The predicted octanol–water partition coefficient (Wildman–Crippen LogP) is 3.96. The lowest BCUT2D eigenvalue weighted by atomic mass is 9.75. The Kier molecular flexibility index (Phi) is 3.00. The average Bonchev–Trinajstić information content (AvgIpc) is 2.47. The second-order valence-corrected chi connectivity index (χ2v) is 7.18. The van der Waals surface area contributed by atoms with Crippen molar-refractivity contribution in [2.75, 3.05) is 0 Å². The van der Waals surface area contributed by atoms with E-state index < -0.39 is 0 Å². The van der Waals surface area contributed by atoms with Gasteiger partial charge in [0.15, 0.2) is 0 Å². The van der Waals surface area contributed by atoms with E-state index in [4.69, 9.17) is 0 Å². The van der Waals surface area contributed by atoms with Crippen molar-refractivity contribution in [2.24, 2.45) is 5.41 Å². The van der Waals surface area contributed by atoms with Crippen molar-refractivity contribution in [3.63, 3.8) is 0 Å². The zero-order valence-corrected chi connectivity index (χ0v) is 12.0. The van der Waals surface area contributed by atoms with E-state index in [1.54, 1.807) is 0 Å². The Balaban J connectivity index is 3.31. The molecule has 0 bridgehead atoms. The molecule has 92 valence electrons. The zero-order chi connectivity index (χ0) is 12.8. The molecular formula is C14H26N2. The van der Waals surface area contributed by atoms with Gasteiger partial charge < -0.3 is 4.57 Å². The molecule has 1 aromatic heterocycles. The van der Waals surface area contributed by atoms with Crippen molar-refractivity contribution in [3.8, 4) is 0 Å². The molecule has 0 unspecified atom stereocenters. The van der Waals surface area contributed by atoms with Crippen LogP contribution >= 0.6 is 0 Å². The third-order valence-electron chi connectivity index (χ3n) is 3.75. The van der Waals surface area contributed by atoms with Crippen LogP contribution in [0.15, 0.2) is 12.4 Å². The molecule has 0 aliphatic carbocycles. The molecule has 0 aliphatic rings. The molecule has 0 spiro atoms. The van der Waals surface area contributed by atoms with Crippen molar-refractivity contribution in [2.45, 2.75) is 66.3 Å². The maximum atomic E-state index is 4.53. The molecule has 0 aliphatic heterocycles. The maximum absolute atomic E-state index is 4.53. The van der Waals surface area contributed by atoms with Gasteiger partial charge in [0, 0.05) is 23.3 Å². The molecule has 1 aromatic rings. The Hall–Kier alpha value is -0.790. The quantitative estimate of drug-likeness (QED) is 0.703. The molecule has 0 saturated carbocycles. The van der Waals surface area contributed by atoms with E-state index in [1.807, 2.05) is 6.20 Å². The van der Waals surface area contributed by atoms with Crippen molar-refractivity contribution in [3.05, 3.63) is 18.2 Å². The largest absolute Gasteiger partial charge is 0.328 e. The summed E-state index contributed by atoms with van der Waals surface area (Å²) in [5.41, 5.74) is 0.353. The van der Waals surface area contributed by atoms with E-state index in [1.165, 1.54) is 0 Å². The van der Waals surface area contributed by atoms with Crippen molar-refractivity contribution in [1.82, 2.24) is 9.55 Å². The van der Waals surface area contributed by atoms with E-state index in [0.29, 0.717) is 0 Å². The third kappa shape index (κ3) is 2.16. The van der Waals surface area contributed by atoms with Gasteiger partial charge in [0.25, 0.3) is 0 Å². The first-order chi connectivity index (χ1) is 6.98. The third-order valence-corrected chi connectivity index (χ3v) is 3.75. The summed E-state index contributed by atoms with van der Waals surface area (Å²) in [5.74, 6) is 1.16. The molecule has 0 saturated heterocycles. The molecule has 2 nitrogen and oxygen atoms in total. The summed E-state index contributed by atoms with van der Waals surface area (Å²) in [4.78, 5) is 4.53. The molecule has 0 amide bonds. The number of imidazole rings is 1. The number of hydrogen-bond acceptors (Lipinski definition) is 1. The standard InChI is InChI=1S/C14H26N2/c1-12(2,3)11-15-9-10-16(11)14(7,8)13(4,5)6/h9-10H,1-8H3. The molecule has 0 N–H and O–H groups in total. The SMILES string of the molecule is CC(C)(C)c1nccn1C(C)(C)C(C)(C)C. The first kappa shape index (κ1) is 13.3. The van der Waals surface area contributed by atoms with E-state index in [9.17, 15) is 0 Å². The van der Waals surface area contributed by atoms with Gasteiger partial charge in [-0.25, -0.2) is 4.98 Å². The fourth-order valence-electron chi connectivity index (χ4n) is 1.67. The van der Waals surface area contributed by atoms with Gasteiger partial charge in [-0.1, -0.05) is 41.5 Å². The summed E-state index contributed by atoms with van der Waals surface area (Å²) in [5, 5.41) is 0. The highest BCUT2D eigenvalue weighted by atomic mass is 15.1. The van der Waals surface area contributed by atoms with Gasteiger partial charge in [-0.3, -0.25) is 0 Å². The Bertz CT molecular complexity index is 359. The second kappa shape index (κ2) is 3.61. The van der Waals surface area contributed by atoms with Gasteiger partial charge in [0.05, 0.1) is 0 Å². The Morgan fingerprint density at radius 2 is 1.44 bits per heavy atom. The molecule has 16 heavy (non-hydrogen) atoms. The lowest BCUT2D eigenvalue weighted by Crippen LogP contribution is -2.42. The van der Waals surface area contributed by atoms with E-state index in [2.05, 4.69) is 71.1 Å². The Labute approximate surface area is 100 Å². The molecule has 1 rings (SSSR count). The van der Waals surface area contributed by atoms with Crippen LogP contribution in [0.25, 0.3) is 0 Å². The molecule has 0 atom stereocenters. The van der Waals surface area contributed by atoms with Gasteiger partial charge in [-0.05, 0) is 19.3 Å². The first-order valence-electron chi connectivity index (χ1n) is 6.02. The molecule has 2 heteroatoms. The lowest BCUT2D eigenvalue weighted by Gasteiger charge is -2.42. The monoisotopic (exact) mass is 222 g/mol. The topological polar surface area (TPSA) is 17.8 Å². The summed E-state index contributed by atoms with van der Waals surface area (Å²) in [7, 11) is 0. The number of aromatic nitrogens is 2. The van der Waals surface area contributed by atoms with Crippen molar-refractivity contribution in [1.29, 1.82) is 0 Å². The Morgan fingerprint density at radius 3 is 1.81 bits per heavy atom. The van der Waals surface area contributed by atoms with Crippen molar-refractivity contribution >= 4 is 0 Å². The number of nitrogens with zero attached hydrogens (tertiary/aromatic N) is 2. The average molecular weight is 222 g/mol. The number of rotatable bonds is 1. The highest BCUT2D eigenvalue weighted by molar-refractivity contribution is 5.10. The second-order valence-electron chi connectivity index (χ2n) is 7.18. The highest BCUT2D eigenvalue weighted by Crippen LogP contribution is 2.38. The lowest BCUT2D eigenvalue weighted by molar-refractivity contribution is 0.131. The highest BCUT2D eigenvalue weighted by Gasteiger charge is 2.37. The maximum Gasteiger partial charge on any atom is 0.114 e. The minimum atomic E-state index is 0.0616. The van der Waals surface area contributed by atoms with Gasteiger partial charge in [0.1, 0.15) is 5.82 Å². The minimum Gasteiger partial charge on any atom is -0.328 e. The van der Waals surface area contributed by atoms with Crippen LogP contribution in [0, 0.1) is 5.41 Å². The molecular weight excluding hydrogens is 196 g/mol. The summed E-state index contributed by atoms with van der Waals surface area (Å²) in [6.07, 6.45) is 4.01. The first-order valence-corrected chi connectivity index (χ1v) is 6.02. The van der Waals surface area contributed by atoms with E-state index >= 15 is 0 Å². The molecule has 0 fully saturated rings. The fourth-order valence-corrected chi connectivity index (χ4v) is 1.67. The van der Waals surface area contributed by atoms with Crippen LogP contribution in [-0.2, 0) is 11.0 Å². The van der Waals surface area contributed by atoms with Crippen molar-refractivity contribution < 1.29 is 0 Å². The van der Waals surface area contributed by atoms with E-state index in [0.717, 1.165) is 5.82 Å². The van der Waals surface area contributed by atoms with Gasteiger partial charge in [0.2, 0.25) is 0 Å². The van der Waals surface area contributed by atoms with Crippen LogP contribution in [0.2, 0.25) is 0 Å². The fraction of sp³-hybridized carbons (Fsp3) is 0.786. The van der Waals surface area contributed by atoms with Crippen LogP contribution < -0.4 is 0 Å². The predicted molar refractivity (Wildman–Crippen MR) is 69.7 cm³/mol. The van der Waals surface area contributed by atoms with Gasteiger partial charge in [-0.2, -0.15) is 0 Å². The normalized spacial score (nSPS) is 14.2. The van der Waals surface area contributed by atoms with Gasteiger partial charge in [-0.15, -0.1) is 0 Å². The summed E-state index contributed by atoms with van der Waals surface area (Å²) in [6, 6.07) is 0. The van der Waals surface area contributed by atoms with Crippen LogP contribution in [0.3, 0.4) is 0 Å². The summed E-state index contributed by atoms with van der Waals surface area (Å²) >= 11 is 0. The van der Waals surface area contributed by atoms with Crippen LogP contribution in [-0.4, -0.2) is 9.55 Å². The zero-order valence-electron chi connectivity index (χ0n) is 12.0. The smallest absolute Gasteiger partial charge is 0.114 e. The molecule has 0 aromatic carbocycles. The van der Waals surface area contributed by atoms with Crippen LogP contribution in [0.4, 0.5) is 0 Å². The van der Waals surface area contributed by atoms with Gasteiger partial charge >= 0.3 is 0 Å².